The lowest BCUT2D eigenvalue weighted by atomic mass is 10.3. The van der Waals surface area contributed by atoms with Crippen molar-refractivity contribution in [1.82, 2.24) is 20.8 Å². The highest BCUT2D eigenvalue weighted by molar-refractivity contribution is 7.91. The van der Waals surface area contributed by atoms with E-state index in [0.29, 0.717) is 12.2 Å². The van der Waals surface area contributed by atoms with Gasteiger partial charge in [0, 0.05) is 18.4 Å². The van der Waals surface area contributed by atoms with E-state index in [4.69, 9.17) is 0 Å². The van der Waals surface area contributed by atoms with E-state index >= 15 is 0 Å². The van der Waals surface area contributed by atoms with E-state index in [-0.39, 0.29) is 17.5 Å². The van der Waals surface area contributed by atoms with Crippen LogP contribution in [0, 0.1) is 0 Å². The van der Waals surface area contributed by atoms with Crippen molar-refractivity contribution in [3.05, 3.63) is 18.6 Å². The summed E-state index contributed by atoms with van der Waals surface area (Å²) in [6, 6.07) is -0.762. The van der Waals surface area contributed by atoms with Gasteiger partial charge in [-0.05, 0) is 6.42 Å². The second-order valence-electron chi connectivity index (χ2n) is 3.91. The highest BCUT2D eigenvalue weighted by atomic mass is 32.2. The van der Waals surface area contributed by atoms with Gasteiger partial charge in [0.05, 0.1) is 17.7 Å². The first-order valence-corrected chi connectivity index (χ1v) is 7.16. The molecule has 1 saturated heterocycles. The molecule has 18 heavy (non-hydrogen) atoms. The molecule has 1 atom stereocenters. The largest absolute Gasteiger partial charge is 0.334 e. The predicted molar refractivity (Wildman–Crippen MR) is 64.4 cm³/mol. The summed E-state index contributed by atoms with van der Waals surface area (Å²) in [6.07, 6.45) is 4.84. The van der Waals surface area contributed by atoms with Crippen molar-refractivity contribution in [3.63, 3.8) is 0 Å². The van der Waals surface area contributed by atoms with Crippen LogP contribution in [0.4, 0.5) is 10.6 Å². The standard InChI is InChI=1S/C9H13N5O3S/c15-9(12-8-5-10-2-3-11-8)14-13-7-1-4-18(16,17)6-7/h2-3,5,7,13H,1,4,6H2,(H2,11,12,14,15). The van der Waals surface area contributed by atoms with Gasteiger partial charge in [0.25, 0.3) is 0 Å². The molecule has 1 fully saturated rings. The van der Waals surface area contributed by atoms with Crippen LogP contribution in [0.15, 0.2) is 18.6 Å². The van der Waals surface area contributed by atoms with Gasteiger partial charge in [-0.25, -0.2) is 23.6 Å². The average molecular weight is 271 g/mol. The molecule has 1 aromatic heterocycles. The molecule has 0 saturated carbocycles. The lowest BCUT2D eigenvalue weighted by Gasteiger charge is -2.12. The Morgan fingerprint density at radius 2 is 2.22 bits per heavy atom. The van der Waals surface area contributed by atoms with E-state index in [1.165, 1.54) is 18.6 Å². The van der Waals surface area contributed by atoms with Crippen LogP contribution in [0.2, 0.25) is 0 Å². The van der Waals surface area contributed by atoms with E-state index < -0.39 is 15.9 Å². The van der Waals surface area contributed by atoms with Crippen molar-refractivity contribution in [2.75, 3.05) is 16.8 Å². The number of nitrogens with one attached hydrogen (secondary N) is 3. The van der Waals surface area contributed by atoms with Crippen LogP contribution < -0.4 is 16.2 Å². The molecular formula is C9H13N5O3S. The molecular weight excluding hydrogens is 258 g/mol. The van der Waals surface area contributed by atoms with E-state index in [1.807, 2.05) is 0 Å². The fraction of sp³-hybridized carbons (Fsp3) is 0.444. The molecule has 2 amide bonds. The van der Waals surface area contributed by atoms with Gasteiger partial charge in [-0.15, -0.1) is 0 Å². The Balaban J connectivity index is 1.76. The minimum absolute atomic E-state index is 0.0401. The minimum Gasteiger partial charge on any atom is -0.290 e. The number of rotatable bonds is 3. The zero-order chi connectivity index (χ0) is 13.0. The van der Waals surface area contributed by atoms with Gasteiger partial charge in [0.2, 0.25) is 0 Å². The molecule has 1 aromatic rings. The van der Waals surface area contributed by atoms with E-state index in [9.17, 15) is 13.2 Å². The number of hydrogen-bond donors (Lipinski definition) is 3. The lowest BCUT2D eigenvalue weighted by molar-refractivity contribution is 0.246. The van der Waals surface area contributed by atoms with Gasteiger partial charge < -0.3 is 0 Å². The number of carbonyl (C=O) groups excluding carboxylic acids is 1. The first-order chi connectivity index (χ1) is 8.55. The van der Waals surface area contributed by atoms with Crippen molar-refractivity contribution in [2.24, 2.45) is 0 Å². The molecule has 0 bridgehead atoms. The summed E-state index contributed by atoms with van der Waals surface area (Å²) in [4.78, 5) is 19.1. The summed E-state index contributed by atoms with van der Waals surface area (Å²) in [7, 11) is -2.96. The van der Waals surface area contributed by atoms with Gasteiger partial charge in [0.1, 0.15) is 0 Å². The average Bonchev–Trinajstić information content (AvgIpc) is 2.68. The summed E-state index contributed by atoms with van der Waals surface area (Å²) in [5.41, 5.74) is 5.05. The van der Waals surface area contributed by atoms with Crippen molar-refractivity contribution in [3.8, 4) is 0 Å². The summed E-state index contributed by atoms with van der Waals surface area (Å²) in [5.74, 6) is 0.507. The molecule has 1 unspecified atom stereocenters. The van der Waals surface area contributed by atoms with Crippen LogP contribution in [0.25, 0.3) is 0 Å². The number of urea groups is 1. The summed E-state index contributed by atoms with van der Waals surface area (Å²) in [5, 5.41) is 2.45. The van der Waals surface area contributed by atoms with E-state index in [2.05, 4.69) is 26.1 Å². The molecule has 3 N–H and O–H groups in total. The molecule has 8 nitrogen and oxygen atoms in total. The minimum atomic E-state index is -2.96. The number of amides is 2. The van der Waals surface area contributed by atoms with Gasteiger partial charge >= 0.3 is 6.03 Å². The maximum absolute atomic E-state index is 11.4. The fourth-order valence-electron chi connectivity index (χ4n) is 1.59. The number of hydrogen-bond acceptors (Lipinski definition) is 6. The smallest absolute Gasteiger partial charge is 0.290 e. The van der Waals surface area contributed by atoms with Gasteiger partial charge in [-0.3, -0.25) is 15.7 Å². The van der Waals surface area contributed by atoms with Crippen molar-refractivity contribution < 1.29 is 13.2 Å². The summed E-state index contributed by atoms with van der Waals surface area (Å²) >= 11 is 0. The Morgan fingerprint density at radius 3 is 2.83 bits per heavy atom. The fourth-order valence-corrected chi connectivity index (χ4v) is 3.26. The first kappa shape index (κ1) is 12.7. The monoisotopic (exact) mass is 271 g/mol. The number of nitrogens with zero attached hydrogens (tertiary/aromatic N) is 2. The van der Waals surface area contributed by atoms with Gasteiger partial charge in [-0.1, -0.05) is 0 Å². The highest BCUT2D eigenvalue weighted by Crippen LogP contribution is 2.10. The third kappa shape index (κ3) is 3.64. The number of carbonyl (C=O) groups is 1. The molecule has 0 aromatic carbocycles. The Hall–Kier alpha value is -1.74. The Bertz CT molecular complexity index is 518. The Kier molecular flexibility index (Phi) is 3.72. The molecule has 1 aliphatic rings. The summed E-state index contributed by atoms with van der Waals surface area (Å²) < 4.78 is 22.4. The first-order valence-electron chi connectivity index (χ1n) is 5.34. The zero-order valence-electron chi connectivity index (χ0n) is 9.46. The summed E-state index contributed by atoms with van der Waals surface area (Å²) in [6.45, 7) is 0. The number of aromatic nitrogens is 2. The van der Waals surface area contributed by atoms with Crippen LogP contribution in [0.5, 0.6) is 0 Å². The van der Waals surface area contributed by atoms with E-state index in [0.717, 1.165) is 0 Å². The maximum Gasteiger partial charge on any atom is 0.334 e. The third-order valence-corrected chi connectivity index (χ3v) is 4.19. The number of hydrazine groups is 1. The van der Waals surface area contributed by atoms with Crippen molar-refractivity contribution >= 4 is 21.7 Å². The lowest BCUT2D eigenvalue weighted by Crippen LogP contribution is -2.46. The predicted octanol–water partition coefficient (Wildman–Crippen LogP) is -0.710. The number of sulfone groups is 1. The van der Waals surface area contributed by atoms with Crippen LogP contribution in [0.3, 0.4) is 0 Å². The van der Waals surface area contributed by atoms with E-state index in [1.54, 1.807) is 0 Å². The molecule has 0 spiro atoms. The molecule has 2 rings (SSSR count). The zero-order valence-corrected chi connectivity index (χ0v) is 10.3. The molecule has 2 heterocycles. The highest BCUT2D eigenvalue weighted by Gasteiger charge is 2.27. The normalized spacial score (nSPS) is 21.4. The number of anilines is 1. The molecule has 0 radical (unpaired) electrons. The second-order valence-corrected chi connectivity index (χ2v) is 6.14. The molecule has 0 aliphatic carbocycles. The molecule has 9 heteroatoms. The molecule has 1 aliphatic heterocycles. The Labute approximate surface area is 104 Å². The van der Waals surface area contributed by atoms with Crippen molar-refractivity contribution in [2.45, 2.75) is 12.5 Å². The topological polar surface area (TPSA) is 113 Å². The third-order valence-electron chi connectivity index (χ3n) is 2.43. The SMILES string of the molecule is O=C(NNC1CCS(=O)(=O)C1)Nc1cnccn1. The Morgan fingerprint density at radius 1 is 1.39 bits per heavy atom. The van der Waals surface area contributed by atoms with Crippen LogP contribution in [0.1, 0.15) is 6.42 Å². The van der Waals surface area contributed by atoms with Crippen LogP contribution >= 0.6 is 0 Å². The molecule has 98 valence electrons. The maximum atomic E-state index is 11.4. The van der Waals surface area contributed by atoms with Crippen LogP contribution in [-0.4, -0.2) is 42.0 Å². The van der Waals surface area contributed by atoms with Gasteiger partial charge in [-0.2, -0.15) is 0 Å². The quantitative estimate of drug-likeness (QED) is 0.626. The van der Waals surface area contributed by atoms with Crippen LogP contribution in [-0.2, 0) is 9.84 Å². The van der Waals surface area contributed by atoms with Gasteiger partial charge in [0.15, 0.2) is 15.7 Å². The second kappa shape index (κ2) is 5.27. The van der Waals surface area contributed by atoms with Crippen molar-refractivity contribution in [1.29, 1.82) is 0 Å².